The summed E-state index contributed by atoms with van der Waals surface area (Å²) in [6.45, 7) is 0.592. The van der Waals surface area contributed by atoms with Crippen LogP contribution in [0.1, 0.15) is 26.3 Å². The van der Waals surface area contributed by atoms with Crippen molar-refractivity contribution in [3.05, 3.63) is 93.3 Å². The third kappa shape index (κ3) is 3.80. The Balaban J connectivity index is 1.52. The zero-order valence-electron chi connectivity index (χ0n) is 16.2. The number of carbonyl (C=O) groups excluding carboxylic acids is 2. The standard InChI is InChI=1S/C22H17FN4O4/c23-15-11-17(20(24)19(12-15)27(30)31)21(28)25-16-7-5-14(6-8-16)22(29)26-10-9-13-3-1-2-4-18(13)26/h1-8,11-12H,9-10,24H2,(H,25,28). The predicted octanol–water partition coefficient (Wildman–Crippen LogP) is 3.77. The van der Waals surface area contributed by atoms with Gasteiger partial charge in [0, 0.05) is 23.5 Å². The summed E-state index contributed by atoms with van der Waals surface area (Å²) < 4.78 is 13.7. The maximum atomic E-state index is 13.7. The Bertz CT molecular complexity index is 1210. The second kappa shape index (κ2) is 7.86. The molecule has 3 N–H and O–H groups in total. The van der Waals surface area contributed by atoms with Crippen LogP contribution in [-0.2, 0) is 6.42 Å². The number of hydrogen-bond donors (Lipinski definition) is 2. The largest absolute Gasteiger partial charge is 0.393 e. The van der Waals surface area contributed by atoms with Crippen molar-refractivity contribution < 1.29 is 18.9 Å². The maximum Gasteiger partial charge on any atom is 0.295 e. The molecule has 0 radical (unpaired) electrons. The highest BCUT2D eigenvalue weighted by Gasteiger charge is 2.25. The van der Waals surface area contributed by atoms with Crippen LogP contribution in [0, 0.1) is 15.9 Å². The first-order valence-corrected chi connectivity index (χ1v) is 9.40. The molecular formula is C22H17FN4O4. The van der Waals surface area contributed by atoms with Gasteiger partial charge in [0.05, 0.1) is 16.6 Å². The van der Waals surface area contributed by atoms with Crippen LogP contribution in [0.15, 0.2) is 60.7 Å². The molecule has 1 aliphatic rings. The van der Waals surface area contributed by atoms with Gasteiger partial charge in [-0.05, 0) is 48.4 Å². The van der Waals surface area contributed by atoms with Gasteiger partial charge in [0.25, 0.3) is 17.5 Å². The topological polar surface area (TPSA) is 119 Å². The molecule has 0 atom stereocenters. The fourth-order valence-corrected chi connectivity index (χ4v) is 3.54. The van der Waals surface area contributed by atoms with Gasteiger partial charge in [-0.1, -0.05) is 18.2 Å². The first-order chi connectivity index (χ1) is 14.8. The van der Waals surface area contributed by atoms with E-state index in [-0.39, 0.29) is 11.5 Å². The first-order valence-electron chi connectivity index (χ1n) is 9.40. The van der Waals surface area contributed by atoms with E-state index < -0.39 is 28.0 Å². The Hall–Kier alpha value is -4.27. The number of nitrogens with two attached hydrogens (primary N) is 1. The molecule has 8 nitrogen and oxygen atoms in total. The summed E-state index contributed by atoms with van der Waals surface area (Å²) >= 11 is 0. The molecule has 0 aromatic heterocycles. The molecule has 0 aliphatic carbocycles. The number of nitrogens with one attached hydrogen (secondary N) is 1. The fraction of sp³-hybridized carbons (Fsp3) is 0.0909. The third-order valence-electron chi connectivity index (χ3n) is 5.09. The Morgan fingerprint density at radius 1 is 1.10 bits per heavy atom. The van der Waals surface area contributed by atoms with Crippen molar-refractivity contribution in [3.63, 3.8) is 0 Å². The van der Waals surface area contributed by atoms with E-state index in [4.69, 9.17) is 5.73 Å². The van der Waals surface area contributed by atoms with Gasteiger partial charge >= 0.3 is 0 Å². The molecular weight excluding hydrogens is 403 g/mol. The highest BCUT2D eigenvalue weighted by Crippen LogP contribution is 2.30. The molecule has 0 saturated heterocycles. The smallest absolute Gasteiger partial charge is 0.295 e. The lowest BCUT2D eigenvalue weighted by Crippen LogP contribution is -2.28. The summed E-state index contributed by atoms with van der Waals surface area (Å²) in [7, 11) is 0. The summed E-state index contributed by atoms with van der Waals surface area (Å²) in [6.07, 6.45) is 0.789. The molecule has 0 bridgehead atoms. The van der Waals surface area contributed by atoms with E-state index in [1.165, 1.54) is 12.1 Å². The lowest BCUT2D eigenvalue weighted by molar-refractivity contribution is -0.384. The predicted molar refractivity (Wildman–Crippen MR) is 114 cm³/mol. The number of carbonyl (C=O) groups is 2. The number of para-hydroxylation sites is 1. The van der Waals surface area contributed by atoms with Gasteiger partial charge in [0.2, 0.25) is 0 Å². The number of fused-ring (bicyclic) bond motifs is 1. The Labute approximate surface area is 176 Å². The van der Waals surface area contributed by atoms with Crippen LogP contribution in [0.3, 0.4) is 0 Å². The van der Waals surface area contributed by atoms with E-state index in [1.807, 2.05) is 24.3 Å². The average Bonchev–Trinajstić information content (AvgIpc) is 3.19. The van der Waals surface area contributed by atoms with E-state index in [0.29, 0.717) is 23.9 Å². The Kier molecular flexibility index (Phi) is 5.08. The van der Waals surface area contributed by atoms with Crippen molar-refractivity contribution in [1.82, 2.24) is 0 Å². The summed E-state index contributed by atoms with van der Waals surface area (Å²) in [5, 5.41) is 13.5. The van der Waals surface area contributed by atoms with Gasteiger partial charge in [-0.3, -0.25) is 19.7 Å². The quantitative estimate of drug-likeness (QED) is 0.378. The van der Waals surface area contributed by atoms with E-state index in [1.54, 1.807) is 17.0 Å². The van der Waals surface area contributed by atoms with E-state index in [0.717, 1.165) is 23.7 Å². The molecule has 4 rings (SSSR count). The summed E-state index contributed by atoms with van der Waals surface area (Å²) in [4.78, 5) is 37.2. The zero-order chi connectivity index (χ0) is 22.1. The van der Waals surface area contributed by atoms with Gasteiger partial charge in [-0.2, -0.15) is 0 Å². The van der Waals surface area contributed by atoms with Crippen LogP contribution in [0.4, 0.5) is 27.1 Å². The fourth-order valence-electron chi connectivity index (χ4n) is 3.54. The second-order valence-electron chi connectivity index (χ2n) is 7.01. The number of amides is 2. The van der Waals surface area contributed by atoms with Gasteiger partial charge in [0.15, 0.2) is 0 Å². The number of benzene rings is 3. The molecule has 3 aromatic rings. The highest BCUT2D eigenvalue weighted by atomic mass is 19.1. The first kappa shape index (κ1) is 20.0. The molecule has 0 spiro atoms. The normalized spacial score (nSPS) is 12.4. The molecule has 1 aliphatic heterocycles. The van der Waals surface area contributed by atoms with E-state index >= 15 is 0 Å². The van der Waals surface area contributed by atoms with Crippen molar-refractivity contribution >= 4 is 34.6 Å². The lowest BCUT2D eigenvalue weighted by Gasteiger charge is -2.17. The highest BCUT2D eigenvalue weighted by molar-refractivity contribution is 6.10. The van der Waals surface area contributed by atoms with Crippen molar-refractivity contribution in [2.45, 2.75) is 6.42 Å². The summed E-state index contributed by atoms with van der Waals surface area (Å²) in [5.74, 6) is -1.90. The SMILES string of the molecule is Nc1c(C(=O)Nc2ccc(C(=O)N3CCc4ccccc43)cc2)cc(F)cc1[N+](=O)[O-]. The second-order valence-corrected chi connectivity index (χ2v) is 7.01. The monoisotopic (exact) mass is 420 g/mol. The number of hydrogen-bond acceptors (Lipinski definition) is 5. The van der Waals surface area contributed by atoms with E-state index in [9.17, 15) is 24.1 Å². The average molecular weight is 420 g/mol. The molecule has 156 valence electrons. The lowest BCUT2D eigenvalue weighted by atomic mass is 10.1. The molecule has 9 heteroatoms. The van der Waals surface area contributed by atoms with E-state index in [2.05, 4.69) is 5.32 Å². The minimum atomic E-state index is -0.946. The minimum Gasteiger partial charge on any atom is -0.393 e. The van der Waals surface area contributed by atoms with Gasteiger partial charge in [-0.15, -0.1) is 0 Å². The van der Waals surface area contributed by atoms with Crippen LogP contribution in [0.5, 0.6) is 0 Å². The van der Waals surface area contributed by atoms with Crippen molar-refractivity contribution in [2.24, 2.45) is 0 Å². The van der Waals surface area contributed by atoms with Crippen LogP contribution >= 0.6 is 0 Å². The van der Waals surface area contributed by atoms with Crippen molar-refractivity contribution in [2.75, 3.05) is 22.5 Å². The van der Waals surface area contributed by atoms with Crippen LogP contribution < -0.4 is 16.0 Å². The molecule has 31 heavy (non-hydrogen) atoms. The Morgan fingerprint density at radius 2 is 1.81 bits per heavy atom. The maximum absolute atomic E-state index is 13.7. The van der Waals surface area contributed by atoms with Crippen LogP contribution in [0.2, 0.25) is 0 Å². The van der Waals surface area contributed by atoms with Gasteiger partial charge in [-0.25, -0.2) is 4.39 Å². The number of anilines is 3. The summed E-state index contributed by atoms with van der Waals surface area (Å²) in [5.41, 5.74) is 6.97. The summed E-state index contributed by atoms with van der Waals surface area (Å²) in [6, 6.07) is 15.4. The number of nitrogens with zero attached hydrogens (tertiary/aromatic N) is 2. The van der Waals surface area contributed by atoms with Gasteiger partial charge in [0.1, 0.15) is 11.5 Å². The number of halogens is 1. The van der Waals surface area contributed by atoms with Crippen molar-refractivity contribution in [1.29, 1.82) is 0 Å². The Morgan fingerprint density at radius 3 is 2.52 bits per heavy atom. The zero-order valence-corrected chi connectivity index (χ0v) is 16.2. The number of nitro groups is 1. The minimum absolute atomic E-state index is 0.159. The molecule has 0 unspecified atom stereocenters. The molecule has 1 heterocycles. The van der Waals surface area contributed by atoms with Gasteiger partial charge < -0.3 is 16.0 Å². The van der Waals surface area contributed by atoms with Crippen molar-refractivity contribution in [3.8, 4) is 0 Å². The number of nitrogen functional groups attached to an aromatic ring is 1. The van der Waals surface area contributed by atoms with Crippen LogP contribution in [-0.4, -0.2) is 23.3 Å². The number of rotatable bonds is 4. The van der Waals surface area contributed by atoms with Crippen LogP contribution in [0.25, 0.3) is 0 Å². The molecule has 0 fully saturated rings. The molecule has 3 aromatic carbocycles. The third-order valence-corrected chi connectivity index (χ3v) is 5.09. The molecule has 2 amide bonds. The molecule has 0 saturated carbocycles. The number of nitro benzene ring substituents is 1.